The van der Waals surface area contributed by atoms with Crippen LogP contribution in [0.2, 0.25) is 0 Å². The molecule has 0 radical (unpaired) electrons. The van der Waals surface area contributed by atoms with E-state index in [1.807, 2.05) is 0 Å². The largest absolute Gasteiger partial charge is 0.317 e. The fraction of sp³-hybridized carbons (Fsp3) is 1.00. The van der Waals surface area contributed by atoms with E-state index in [1.165, 1.54) is 51.9 Å². The van der Waals surface area contributed by atoms with Crippen LogP contribution in [-0.2, 0) is 0 Å². The summed E-state index contributed by atoms with van der Waals surface area (Å²) in [6.07, 6.45) is 5.62. The zero-order valence-corrected chi connectivity index (χ0v) is 11.6. The molecule has 2 aliphatic rings. The third-order valence-electron chi connectivity index (χ3n) is 4.20. The second-order valence-corrected chi connectivity index (χ2v) is 5.68. The van der Waals surface area contributed by atoms with Crippen molar-refractivity contribution in [3.8, 4) is 0 Å². The van der Waals surface area contributed by atoms with Gasteiger partial charge in [-0.1, -0.05) is 6.92 Å². The minimum Gasteiger partial charge on any atom is -0.317 e. The molecule has 0 saturated carbocycles. The lowest BCUT2D eigenvalue weighted by Gasteiger charge is -2.39. The van der Waals surface area contributed by atoms with Gasteiger partial charge in [-0.3, -0.25) is 0 Å². The molecule has 1 N–H and O–H groups in total. The lowest BCUT2D eigenvalue weighted by atomic mass is 9.91. The van der Waals surface area contributed by atoms with Crippen LogP contribution in [0.15, 0.2) is 0 Å². The SMILES string of the molecule is CC1CCC(C)N(CC2CCNCC2)C1.Cl. The quantitative estimate of drug-likeness (QED) is 0.806. The van der Waals surface area contributed by atoms with E-state index < -0.39 is 0 Å². The number of rotatable bonds is 2. The Morgan fingerprint density at radius 2 is 1.75 bits per heavy atom. The number of piperidine rings is 2. The van der Waals surface area contributed by atoms with Crippen LogP contribution in [0.5, 0.6) is 0 Å². The van der Waals surface area contributed by atoms with Crippen LogP contribution in [0.25, 0.3) is 0 Å². The van der Waals surface area contributed by atoms with Crippen molar-refractivity contribution in [2.24, 2.45) is 11.8 Å². The number of likely N-dealkylation sites (tertiary alicyclic amines) is 1. The van der Waals surface area contributed by atoms with Gasteiger partial charge in [-0.05, 0) is 57.5 Å². The van der Waals surface area contributed by atoms with Gasteiger partial charge in [0.15, 0.2) is 0 Å². The molecule has 96 valence electrons. The molecule has 0 aliphatic carbocycles. The van der Waals surface area contributed by atoms with Crippen molar-refractivity contribution in [2.75, 3.05) is 26.2 Å². The smallest absolute Gasteiger partial charge is 0.00672 e. The van der Waals surface area contributed by atoms with E-state index in [0.717, 1.165) is 17.9 Å². The monoisotopic (exact) mass is 246 g/mol. The fourth-order valence-corrected chi connectivity index (χ4v) is 3.03. The standard InChI is InChI=1S/C13H26N2.ClH/c1-11-3-4-12(2)15(9-11)10-13-5-7-14-8-6-13;/h11-14H,3-10H2,1-2H3;1H. The molecule has 0 spiro atoms. The molecule has 16 heavy (non-hydrogen) atoms. The highest BCUT2D eigenvalue weighted by molar-refractivity contribution is 5.85. The van der Waals surface area contributed by atoms with Crippen molar-refractivity contribution in [3.63, 3.8) is 0 Å². The molecular weight excluding hydrogens is 220 g/mol. The zero-order chi connectivity index (χ0) is 10.7. The second kappa shape index (κ2) is 6.83. The van der Waals surface area contributed by atoms with Crippen molar-refractivity contribution in [3.05, 3.63) is 0 Å². The molecule has 2 aliphatic heterocycles. The summed E-state index contributed by atoms with van der Waals surface area (Å²) in [5.41, 5.74) is 0. The number of hydrogen-bond donors (Lipinski definition) is 1. The predicted octanol–water partition coefficient (Wildman–Crippen LogP) is 2.53. The molecule has 2 heterocycles. The van der Waals surface area contributed by atoms with Crippen molar-refractivity contribution in [1.29, 1.82) is 0 Å². The van der Waals surface area contributed by atoms with Crippen LogP contribution in [0, 0.1) is 11.8 Å². The average Bonchev–Trinajstić information content (AvgIpc) is 2.25. The van der Waals surface area contributed by atoms with Gasteiger partial charge in [0.25, 0.3) is 0 Å². The molecule has 0 aromatic carbocycles. The Morgan fingerprint density at radius 3 is 2.44 bits per heavy atom. The summed E-state index contributed by atoms with van der Waals surface area (Å²) in [6.45, 7) is 9.98. The number of halogens is 1. The van der Waals surface area contributed by atoms with E-state index in [4.69, 9.17) is 0 Å². The van der Waals surface area contributed by atoms with E-state index in [1.54, 1.807) is 0 Å². The lowest BCUT2D eigenvalue weighted by molar-refractivity contribution is 0.0972. The molecular formula is C13H27ClN2. The van der Waals surface area contributed by atoms with Gasteiger partial charge in [0.05, 0.1) is 0 Å². The summed E-state index contributed by atoms with van der Waals surface area (Å²) >= 11 is 0. The molecule has 2 rings (SSSR count). The summed E-state index contributed by atoms with van der Waals surface area (Å²) < 4.78 is 0. The molecule has 0 amide bonds. The Morgan fingerprint density at radius 1 is 1.06 bits per heavy atom. The van der Waals surface area contributed by atoms with Crippen LogP contribution < -0.4 is 5.32 Å². The molecule has 2 fully saturated rings. The van der Waals surface area contributed by atoms with Gasteiger partial charge in [0.1, 0.15) is 0 Å². The fourth-order valence-electron chi connectivity index (χ4n) is 3.03. The van der Waals surface area contributed by atoms with Gasteiger partial charge in [-0.15, -0.1) is 12.4 Å². The van der Waals surface area contributed by atoms with Crippen LogP contribution in [-0.4, -0.2) is 37.1 Å². The maximum Gasteiger partial charge on any atom is 0.00672 e. The minimum atomic E-state index is 0. The number of hydrogen-bond acceptors (Lipinski definition) is 2. The van der Waals surface area contributed by atoms with Gasteiger partial charge >= 0.3 is 0 Å². The first-order valence-corrected chi connectivity index (χ1v) is 6.70. The Labute approximate surface area is 107 Å². The molecule has 0 bridgehead atoms. The van der Waals surface area contributed by atoms with Gasteiger partial charge < -0.3 is 10.2 Å². The summed E-state index contributed by atoms with van der Waals surface area (Å²) in [4.78, 5) is 2.74. The van der Waals surface area contributed by atoms with Gasteiger partial charge in [-0.25, -0.2) is 0 Å². The van der Waals surface area contributed by atoms with Crippen LogP contribution in [0.4, 0.5) is 0 Å². The van der Waals surface area contributed by atoms with Crippen molar-refractivity contribution < 1.29 is 0 Å². The van der Waals surface area contributed by atoms with E-state index in [9.17, 15) is 0 Å². The number of nitrogens with one attached hydrogen (secondary N) is 1. The molecule has 0 aromatic heterocycles. The summed E-state index contributed by atoms with van der Waals surface area (Å²) in [6, 6.07) is 0.830. The summed E-state index contributed by atoms with van der Waals surface area (Å²) in [7, 11) is 0. The lowest BCUT2D eigenvalue weighted by Crippen LogP contribution is -2.45. The van der Waals surface area contributed by atoms with Crippen molar-refractivity contribution in [2.45, 2.75) is 45.6 Å². The minimum absolute atomic E-state index is 0. The van der Waals surface area contributed by atoms with Gasteiger partial charge in [0, 0.05) is 19.1 Å². The van der Waals surface area contributed by atoms with E-state index in [2.05, 4.69) is 24.1 Å². The summed E-state index contributed by atoms with van der Waals surface area (Å²) in [5, 5.41) is 3.45. The molecule has 2 saturated heterocycles. The highest BCUT2D eigenvalue weighted by Crippen LogP contribution is 2.24. The summed E-state index contributed by atoms with van der Waals surface area (Å²) in [5.74, 6) is 1.88. The highest BCUT2D eigenvalue weighted by Gasteiger charge is 2.25. The second-order valence-electron chi connectivity index (χ2n) is 5.68. The van der Waals surface area contributed by atoms with Crippen LogP contribution in [0.1, 0.15) is 39.5 Å². The first kappa shape index (κ1) is 14.3. The average molecular weight is 247 g/mol. The van der Waals surface area contributed by atoms with Crippen LogP contribution >= 0.6 is 12.4 Å². The van der Waals surface area contributed by atoms with E-state index in [-0.39, 0.29) is 12.4 Å². The molecule has 3 heteroatoms. The topological polar surface area (TPSA) is 15.3 Å². The Hall–Kier alpha value is 0.210. The van der Waals surface area contributed by atoms with E-state index >= 15 is 0 Å². The molecule has 2 unspecified atom stereocenters. The van der Waals surface area contributed by atoms with Gasteiger partial charge in [0.2, 0.25) is 0 Å². The molecule has 0 aromatic rings. The maximum absolute atomic E-state index is 3.45. The Kier molecular flexibility index (Phi) is 6.09. The maximum atomic E-state index is 3.45. The Bertz CT molecular complexity index is 192. The van der Waals surface area contributed by atoms with Gasteiger partial charge in [-0.2, -0.15) is 0 Å². The van der Waals surface area contributed by atoms with E-state index in [0.29, 0.717) is 0 Å². The van der Waals surface area contributed by atoms with Crippen molar-refractivity contribution in [1.82, 2.24) is 10.2 Å². The predicted molar refractivity (Wildman–Crippen MR) is 72.3 cm³/mol. The third kappa shape index (κ3) is 3.90. The van der Waals surface area contributed by atoms with Crippen molar-refractivity contribution >= 4 is 12.4 Å². The molecule has 2 nitrogen and oxygen atoms in total. The highest BCUT2D eigenvalue weighted by atomic mass is 35.5. The molecule has 2 atom stereocenters. The first-order valence-electron chi connectivity index (χ1n) is 6.70. The Balaban J connectivity index is 0.00000128. The first-order chi connectivity index (χ1) is 7.25. The number of nitrogens with zero attached hydrogens (tertiary/aromatic N) is 1. The normalized spacial score (nSPS) is 33.4. The third-order valence-corrected chi connectivity index (χ3v) is 4.20. The van der Waals surface area contributed by atoms with Crippen LogP contribution in [0.3, 0.4) is 0 Å². The zero-order valence-electron chi connectivity index (χ0n) is 10.7.